The van der Waals surface area contributed by atoms with Crippen LogP contribution in [0.1, 0.15) is 6.92 Å². The van der Waals surface area contributed by atoms with Gasteiger partial charge < -0.3 is 23.4 Å². The van der Waals surface area contributed by atoms with E-state index in [1.807, 2.05) is 0 Å². The van der Waals surface area contributed by atoms with Crippen LogP contribution in [0.2, 0.25) is 0 Å². The van der Waals surface area contributed by atoms with Gasteiger partial charge >= 0.3 is 103 Å². The normalized spacial score (nSPS) is 3.57. The van der Waals surface area contributed by atoms with E-state index in [2.05, 4.69) is 0 Å². The Hall–Kier alpha value is 3.09. The summed E-state index contributed by atoms with van der Waals surface area (Å²) in [5.41, 5.74) is 0. The van der Waals surface area contributed by atoms with Gasteiger partial charge in [0.2, 0.25) is 0 Å². The van der Waals surface area contributed by atoms with Gasteiger partial charge in [-0.15, -0.1) is 0 Å². The van der Waals surface area contributed by atoms with Crippen molar-refractivity contribution in [3.05, 3.63) is 0 Å². The fourth-order valence-electron chi connectivity index (χ4n) is 0. The van der Waals surface area contributed by atoms with Crippen LogP contribution in [0.3, 0.4) is 0 Å². The zero-order valence-electron chi connectivity index (χ0n) is 4.76. The minimum absolute atomic E-state index is 0. The van der Waals surface area contributed by atoms with Crippen LogP contribution in [-0.2, 0) is 18.3 Å². The third-order valence-electron chi connectivity index (χ3n) is 0. The molecule has 0 unspecified atom stereocenters. The summed E-state index contributed by atoms with van der Waals surface area (Å²) in [6.45, 7) is 0.972. The minimum atomic E-state index is -1.08. The first-order chi connectivity index (χ1) is 1.73. The molecule has 0 saturated carbocycles. The van der Waals surface area contributed by atoms with Crippen LogP contribution < -0.4 is 108 Å². The van der Waals surface area contributed by atoms with Gasteiger partial charge in [-0.05, 0) is 6.92 Å². The van der Waals surface area contributed by atoms with Crippen molar-refractivity contribution >= 4 is 19.5 Å². The van der Waals surface area contributed by atoms with Crippen LogP contribution >= 0.6 is 0 Å². The van der Waals surface area contributed by atoms with E-state index in [9.17, 15) is 0 Å². The number of aliphatic carboxylic acids is 1. The third-order valence-corrected chi connectivity index (χ3v) is 0. The molecule has 0 aromatic carbocycles. The van der Waals surface area contributed by atoms with E-state index in [1.165, 1.54) is 0 Å². The zero-order chi connectivity index (χ0) is 3.58. The van der Waals surface area contributed by atoms with Crippen LogP contribution in [-0.4, -0.2) is 5.97 Å². The summed E-state index contributed by atoms with van der Waals surface area (Å²) in [5, 5.41) is 8.89. The molecule has 32 valence electrons. The molecule has 0 aliphatic carbocycles. The molecule has 2 nitrogen and oxygen atoms in total. The molecule has 0 aliphatic heterocycles. The first kappa shape index (κ1) is 22.5. The predicted molar refractivity (Wildman–Crippen MR) is 19.4 cm³/mol. The summed E-state index contributed by atoms with van der Waals surface area (Å²) >= 11 is 0. The molecule has 0 heterocycles. The second-order valence-electron chi connectivity index (χ2n) is 0.492. The first-order valence-corrected chi connectivity index (χ1v) is 0.908. The standard InChI is InChI=1S/C2H4O2.2K.H2S/c1-2(3)4;;;/h1H3,(H,3,4);;;1H2/q;2*+1;/p-2. The maximum atomic E-state index is 8.89. The van der Waals surface area contributed by atoms with E-state index in [1.54, 1.807) is 0 Å². The second kappa shape index (κ2) is 16.0. The Kier molecular flexibility index (Phi) is 51.5. The quantitative estimate of drug-likeness (QED) is 0.206. The molecule has 0 fully saturated rings. The molecule has 5 heteroatoms. The second-order valence-corrected chi connectivity index (χ2v) is 0.492. The van der Waals surface area contributed by atoms with Gasteiger partial charge in [-0.1, -0.05) is 0 Å². The van der Waals surface area contributed by atoms with Gasteiger partial charge in [0, 0.05) is 5.97 Å². The van der Waals surface area contributed by atoms with Gasteiger partial charge in [0.05, 0.1) is 0 Å². The number of carbonyl (C=O) groups is 1. The van der Waals surface area contributed by atoms with Crippen LogP contribution in [0, 0.1) is 0 Å². The maximum absolute atomic E-state index is 8.89. The predicted octanol–water partition coefficient (Wildman–Crippen LogP) is -7.51. The minimum Gasteiger partial charge on any atom is -0.813 e. The van der Waals surface area contributed by atoms with E-state index in [4.69, 9.17) is 9.90 Å². The average Bonchev–Trinajstić information content (AvgIpc) is 0.811. The van der Waals surface area contributed by atoms with Crippen LogP contribution in [0.5, 0.6) is 0 Å². The number of hydrogen-bond donors (Lipinski definition) is 0. The van der Waals surface area contributed by atoms with Crippen molar-refractivity contribution in [2.45, 2.75) is 6.92 Å². The summed E-state index contributed by atoms with van der Waals surface area (Å²) in [6, 6.07) is 0. The molecule has 0 rings (SSSR count). The van der Waals surface area contributed by atoms with E-state index in [0.29, 0.717) is 0 Å². The SMILES string of the molecule is CC(=O)[O-].[K+].[K+].[SH-]. The van der Waals surface area contributed by atoms with Gasteiger partial charge in [0.25, 0.3) is 0 Å². The van der Waals surface area contributed by atoms with Gasteiger partial charge in [0.1, 0.15) is 0 Å². The van der Waals surface area contributed by atoms with Crippen molar-refractivity contribution in [1.82, 2.24) is 0 Å². The Bertz CT molecular complexity index is 36.7. The largest absolute Gasteiger partial charge is 1.00 e. The number of carboxylic acids is 1. The smallest absolute Gasteiger partial charge is 0.813 e. The Morgan fingerprint density at radius 1 is 1.43 bits per heavy atom. The Morgan fingerprint density at radius 2 is 1.43 bits per heavy atom. The monoisotopic (exact) mass is 170 g/mol. The molecular formula is C2H4K2O2S. The van der Waals surface area contributed by atoms with E-state index in [0.717, 1.165) is 6.92 Å². The molecular weight excluding hydrogens is 166 g/mol. The van der Waals surface area contributed by atoms with Crippen molar-refractivity contribution in [3.8, 4) is 0 Å². The summed E-state index contributed by atoms with van der Waals surface area (Å²) in [5.74, 6) is -1.08. The third kappa shape index (κ3) is 47.8. The molecule has 0 spiro atoms. The van der Waals surface area contributed by atoms with Crippen LogP contribution in [0.4, 0.5) is 0 Å². The fraction of sp³-hybridized carbons (Fsp3) is 0.500. The molecule has 0 atom stereocenters. The number of carboxylic acid groups (broad SMARTS) is 1. The Labute approximate surface area is 135 Å². The molecule has 0 bridgehead atoms. The van der Waals surface area contributed by atoms with Crippen molar-refractivity contribution in [2.75, 3.05) is 0 Å². The Morgan fingerprint density at radius 3 is 1.43 bits per heavy atom. The molecule has 0 N–H and O–H groups in total. The zero-order valence-corrected chi connectivity index (χ0v) is 11.9. The van der Waals surface area contributed by atoms with Crippen LogP contribution in [0.15, 0.2) is 0 Å². The molecule has 0 amide bonds. The number of thiol groups is 1. The molecule has 0 aromatic rings. The van der Waals surface area contributed by atoms with Gasteiger partial charge in [-0.3, -0.25) is 0 Å². The van der Waals surface area contributed by atoms with Crippen molar-refractivity contribution in [1.29, 1.82) is 0 Å². The van der Waals surface area contributed by atoms with Crippen molar-refractivity contribution < 1.29 is 113 Å². The maximum Gasteiger partial charge on any atom is 1.00 e. The van der Waals surface area contributed by atoms with E-state index < -0.39 is 5.97 Å². The summed E-state index contributed by atoms with van der Waals surface area (Å²) in [7, 11) is 0. The summed E-state index contributed by atoms with van der Waals surface area (Å²) in [4.78, 5) is 8.89. The van der Waals surface area contributed by atoms with E-state index in [-0.39, 0.29) is 116 Å². The first-order valence-electron chi connectivity index (χ1n) is 0.908. The molecule has 7 heavy (non-hydrogen) atoms. The number of hydrogen-bond acceptors (Lipinski definition) is 3. The topological polar surface area (TPSA) is 40.1 Å². The average molecular weight is 170 g/mol. The van der Waals surface area contributed by atoms with Gasteiger partial charge in [-0.25, -0.2) is 0 Å². The number of rotatable bonds is 0. The molecule has 0 radical (unpaired) electrons. The fourth-order valence-corrected chi connectivity index (χ4v) is 0. The molecule has 0 aliphatic rings. The summed E-state index contributed by atoms with van der Waals surface area (Å²) < 4.78 is 0. The molecule has 0 aromatic heterocycles. The molecule has 0 saturated heterocycles. The van der Waals surface area contributed by atoms with Crippen LogP contribution in [0.25, 0.3) is 0 Å². The Balaban J connectivity index is -0.0000000150. The van der Waals surface area contributed by atoms with Gasteiger partial charge in [-0.2, -0.15) is 0 Å². The van der Waals surface area contributed by atoms with Gasteiger partial charge in [0.15, 0.2) is 0 Å². The van der Waals surface area contributed by atoms with Crippen molar-refractivity contribution in [3.63, 3.8) is 0 Å². The summed E-state index contributed by atoms with van der Waals surface area (Å²) in [6.07, 6.45) is 0. The number of carbonyl (C=O) groups excluding carboxylic acids is 1. The van der Waals surface area contributed by atoms with Crippen molar-refractivity contribution in [2.24, 2.45) is 0 Å². The van der Waals surface area contributed by atoms with E-state index >= 15 is 0 Å².